The molecule has 0 saturated carbocycles. The molecule has 190 valence electrons. The van der Waals surface area contributed by atoms with Crippen LogP contribution in [0.2, 0.25) is 0 Å². The molecule has 37 heavy (non-hydrogen) atoms. The summed E-state index contributed by atoms with van der Waals surface area (Å²) in [4.78, 5) is 33.8. The van der Waals surface area contributed by atoms with E-state index < -0.39 is 24.4 Å². The monoisotopic (exact) mass is 501 g/mol. The summed E-state index contributed by atoms with van der Waals surface area (Å²) in [6, 6.07) is -0.298. The smallest absolute Gasteiger partial charge is 0.262 e. The second-order valence-corrected chi connectivity index (χ2v) is 10.2. The molecule has 2 amide bonds. The number of hydrogen-bond acceptors (Lipinski definition) is 7. The number of rotatable bonds is 3. The van der Waals surface area contributed by atoms with Crippen LogP contribution >= 0.6 is 0 Å². The van der Waals surface area contributed by atoms with Crippen LogP contribution in [0.3, 0.4) is 0 Å². The molecule has 1 aromatic heterocycles. The summed E-state index contributed by atoms with van der Waals surface area (Å²) in [6.07, 6.45) is 12.3. The number of H-pyrrole nitrogens is 1. The lowest BCUT2D eigenvalue weighted by molar-refractivity contribution is -0.159. The van der Waals surface area contributed by atoms with Crippen molar-refractivity contribution in [2.45, 2.75) is 37.3 Å². The van der Waals surface area contributed by atoms with Gasteiger partial charge in [0.2, 0.25) is 0 Å². The first-order valence-corrected chi connectivity index (χ1v) is 12.6. The van der Waals surface area contributed by atoms with E-state index in [1.807, 2.05) is 42.5 Å². The minimum atomic E-state index is -0.884. The molecule has 1 fully saturated rings. The highest BCUT2D eigenvalue weighted by molar-refractivity contribution is 6.29. The maximum absolute atomic E-state index is 13.6. The number of carbonyl (C=O) groups excluding carboxylic acids is 2. The van der Waals surface area contributed by atoms with E-state index >= 15 is 0 Å². The second-order valence-electron chi connectivity index (χ2n) is 10.2. The van der Waals surface area contributed by atoms with Crippen molar-refractivity contribution in [1.82, 2.24) is 9.88 Å². The lowest BCUT2D eigenvalue weighted by Crippen LogP contribution is -2.55. The van der Waals surface area contributed by atoms with Crippen LogP contribution in [0.4, 0.5) is 5.69 Å². The summed E-state index contributed by atoms with van der Waals surface area (Å²) >= 11 is 0. The van der Waals surface area contributed by atoms with E-state index in [9.17, 15) is 24.9 Å². The van der Waals surface area contributed by atoms with Crippen LogP contribution in [0.5, 0.6) is 0 Å². The molecule has 4 N–H and O–H groups in total. The van der Waals surface area contributed by atoms with Gasteiger partial charge >= 0.3 is 0 Å². The van der Waals surface area contributed by atoms with Gasteiger partial charge in [-0.25, -0.2) is 0 Å². The molecule has 4 heterocycles. The largest absolute Gasteiger partial charge is 0.396 e. The summed E-state index contributed by atoms with van der Waals surface area (Å²) in [5.74, 6) is -1.25. The zero-order valence-corrected chi connectivity index (χ0v) is 20.2. The summed E-state index contributed by atoms with van der Waals surface area (Å²) in [7, 11) is 1.51. The van der Waals surface area contributed by atoms with Crippen LogP contribution in [0, 0.1) is 5.92 Å². The van der Waals surface area contributed by atoms with Gasteiger partial charge in [0.1, 0.15) is 6.23 Å². The van der Waals surface area contributed by atoms with Gasteiger partial charge < -0.3 is 29.9 Å². The molecule has 2 aromatic rings. The van der Waals surface area contributed by atoms with Gasteiger partial charge in [-0.05, 0) is 23.6 Å². The van der Waals surface area contributed by atoms with Crippen molar-refractivity contribution in [1.29, 1.82) is 0 Å². The third-order valence-corrected chi connectivity index (χ3v) is 8.41. The maximum atomic E-state index is 13.6. The number of aliphatic hydroxyl groups is 3. The van der Waals surface area contributed by atoms with Crippen molar-refractivity contribution in [2.24, 2.45) is 5.92 Å². The first-order valence-electron chi connectivity index (χ1n) is 12.6. The highest BCUT2D eigenvalue weighted by Crippen LogP contribution is 2.43. The quantitative estimate of drug-likeness (QED) is 0.430. The van der Waals surface area contributed by atoms with Gasteiger partial charge in [-0.2, -0.15) is 0 Å². The normalized spacial score (nSPS) is 29.6. The zero-order valence-electron chi connectivity index (χ0n) is 20.2. The highest BCUT2D eigenvalue weighted by Gasteiger charge is 2.48. The number of nitrogens with zero attached hydrogens (tertiary/aromatic N) is 2. The molecule has 2 aliphatic carbocycles. The fourth-order valence-electron chi connectivity index (χ4n) is 6.66. The van der Waals surface area contributed by atoms with E-state index in [2.05, 4.69) is 9.88 Å². The number of fused-ring (bicyclic) bond motifs is 9. The fourth-order valence-corrected chi connectivity index (χ4v) is 6.66. The maximum Gasteiger partial charge on any atom is 0.262 e. The Morgan fingerprint density at radius 3 is 2.70 bits per heavy atom. The Bertz CT molecular complexity index is 1600. The van der Waals surface area contributed by atoms with Gasteiger partial charge in [-0.15, -0.1) is 0 Å². The number of hydrogen-bond donors (Lipinski definition) is 4. The molecule has 0 radical (unpaired) electrons. The van der Waals surface area contributed by atoms with Crippen molar-refractivity contribution in [2.75, 3.05) is 25.2 Å². The van der Waals surface area contributed by atoms with Crippen LogP contribution in [0.25, 0.3) is 22.6 Å². The molecule has 5 atom stereocenters. The molecule has 3 aliphatic heterocycles. The Kier molecular flexibility index (Phi) is 4.90. The molecule has 5 aliphatic rings. The van der Waals surface area contributed by atoms with Gasteiger partial charge in [-0.1, -0.05) is 36.5 Å². The van der Waals surface area contributed by atoms with Crippen LogP contribution < -0.4 is 15.5 Å². The summed E-state index contributed by atoms with van der Waals surface area (Å²) in [6.45, 7) is -0.642. The Labute approximate surface area is 211 Å². The van der Waals surface area contributed by atoms with E-state index in [4.69, 9.17) is 4.74 Å². The summed E-state index contributed by atoms with van der Waals surface area (Å²) < 4.78 is 6.33. The minimum absolute atomic E-state index is 0.210. The molecule has 0 spiro atoms. The predicted octanol–water partition coefficient (Wildman–Crippen LogP) is -0.172. The number of anilines is 1. The molecule has 1 saturated heterocycles. The van der Waals surface area contributed by atoms with Gasteiger partial charge in [0.05, 0.1) is 53.8 Å². The minimum Gasteiger partial charge on any atom is -0.396 e. The van der Waals surface area contributed by atoms with E-state index in [1.165, 1.54) is 11.9 Å². The number of carbonyl (C=O) groups is 2. The molecule has 0 bridgehead atoms. The first-order chi connectivity index (χ1) is 18.0. The van der Waals surface area contributed by atoms with Crippen molar-refractivity contribution in [3.63, 3.8) is 0 Å². The number of imide groups is 1. The number of aliphatic hydroxyl groups excluding tert-OH is 3. The van der Waals surface area contributed by atoms with Gasteiger partial charge in [0, 0.05) is 35.3 Å². The van der Waals surface area contributed by atoms with Crippen molar-refractivity contribution >= 4 is 40.1 Å². The number of benzene rings is 1. The van der Waals surface area contributed by atoms with Crippen LogP contribution in [0.15, 0.2) is 36.5 Å². The fraction of sp³-hybridized carbons (Fsp3) is 0.357. The summed E-state index contributed by atoms with van der Waals surface area (Å²) in [5, 5.41) is 33.1. The van der Waals surface area contributed by atoms with Crippen LogP contribution in [0.1, 0.15) is 32.7 Å². The molecular weight excluding hydrogens is 474 g/mol. The van der Waals surface area contributed by atoms with Gasteiger partial charge in [-0.3, -0.25) is 14.5 Å². The van der Waals surface area contributed by atoms with Crippen LogP contribution in [-0.4, -0.2) is 81.8 Å². The average Bonchev–Trinajstić information content (AvgIpc) is 3.53. The van der Waals surface area contributed by atoms with Crippen molar-refractivity contribution in [3.05, 3.63) is 63.7 Å². The van der Waals surface area contributed by atoms with E-state index in [1.54, 1.807) is 0 Å². The third-order valence-electron chi connectivity index (χ3n) is 8.41. The average molecular weight is 502 g/mol. The number of allylic oxidation sites excluding steroid dienone is 4. The number of ether oxygens (including phenoxy) is 1. The zero-order chi connectivity index (χ0) is 25.6. The summed E-state index contributed by atoms with van der Waals surface area (Å²) in [5.41, 5.74) is 4.18. The molecule has 5 unspecified atom stereocenters. The molecule has 9 nitrogen and oxygen atoms in total. The number of aromatic amines is 1. The molecule has 9 heteroatoms. The predicted molar refractivity (Wildman–Crippen MR) is 136 cm³/mol. The number of aromatic nitrogens is 1. The first kappa shape index (κ1) is 22.7. The Hall–Kier alpha value is -3.50. The Morgan fingerprint density at radius 2 is 1.92 bits per heavy atom. The Balaban J connectivity index is 1.55. The van der Waals surface area contributed by atoms with Crippen molar-refractivity contribution in [3.8, 4) is 0 Å². The van der Waals surface area contributed by atoms with Crippen LogP contribution in [-0.2, 0) is 11.2 Å². The SMILES string of the molecule is CN1C(=O)c2c(c3c4c([nH]c3c3c2=C2C=CC=CC2N3C2CC(O)C(CO)C(CO)O2)=CC=CC4)C1=O. The molecule has 7 rings (SSSR count). The van der Waals surface area contributed by atoms with Gasteiger partial charge in [0.15, 0.2) is 0 Å². The lowest BCUT2D eigenvalue weighted by atomic mass is 9.90. The van der Waals surface area contributed by atoms with Crippen molar-refractivity contribution < 1.29 is 29.6 Å². The second kappa shape index (κ2) is 8.00. The lowest BCUT2D eigenvalue weighted by Gasteiger charge is -2.44. The number of nitrogens with one attached hydrogen (secondary N) is 1. The van der Waals surface area contributed by atoms with E-state index in [-0.39, 0.29) is 37.5 Å². The van der Waals surface area contributed by atoms with Gasteiger partial charge in [0.25, 0.3) is 11.8 Å². The Morgan fingerprint density at radius 1 is 1.11 bits per heavy atom. The highest BCUT2D eigenvalue weighted by atomic mass is 16.5. The molecular formula is C28H27N3O6. The molecule has 1 aromatic carbocycles. The third kappa shape index (κ3) is 2.88. The topological polar surface area (TPSA) is 126 Å². The van der Waals surface area contributed by atoms with E-state index in [0.29, 0.717) is 22.8 Å². The number of amides is 2. The van der Waals surface area contributed by atoms with E-state index in [0.717, 1.165) is 33.1 Å². The standard InChI is InChI=1S/C28H27N3O6/c1-30-27(35)23-21-13-6-2-4-8-16(13)29-25(21)26-22(24(23)28(30)36)14-7-3-5-9-17(14)31(26)20-10-18(34)15(11-32)19(12-33)37-20/h2-5,7-9,15,17-20,29,32-34H,6,10-12H2,1H3.